The maximum Gasteiger partial charge on any atom is 0.287 e. The molecule has 0 aliphatic heterocycles. The second-order valence-electron chi connectivity index (χ2n) is 11.2. The monoisotopic (exact) mass is 625 g/mol. The third kappa shape index (κ3) is 7.54. The average molecular weight is 627 g/mol. The zero-order valence-electron chi connectivity index (χ0n) is 24.1. The van der Waals surface area contributed by atoms with E-state index in [0.29, 0.717) is 16.6 Å². The number of pyridine rings is 1. The number of hydrogen-bond acceptors (Lipinski definition) is 7. The fraction of sp³-hybridized carbons (Fsp3) is 0.424. The van der Waals surface area contributed by atoms with Gasteiger partial charge in [-0.25, -0.2) is 0 Å². The number of rotatable bonds is 13. The fourth-order valence-corrected chi connectivity index (χ4v) is 6.35. The molecule has 4 aromatic rings. The van der Waals surface area contributed by atoms with Gasteiger partial charge in [0.1, 0.15) is 5.58 Å². The number of phenolic OH excluding ortho intramolecular Hbond substituents is 2. The van der Waals surface area contributed by atoms with E-state index in [0.717, 1.165) is 92.7 Å². The molecule has 0 saturated carbocycles. The van der Waals surface area contributed by atoms with E-state index >= 15 is 0 Å². The van der Waals surface area contributed by atoms with Crippen molar-refractivity contribution in [1.29, 1.82) is 0 Å². The van der Waals surface area contributed by atoms with E-state index in [2.05, 4.69) is 10.6 Å². The van der Waals surface area contributed by atoms with Crippen molar-refractivity contribution in [2.45, 2.75) is 77.0 Å². The van der Waals surface area contributed by atoms with Gasteiger partial charge in [-0.3, -0.25) is 14.6 Å². The summed E-state index contributed by atoms with van der Waals surface area (Å²) in [4.78, 5) is 29.6. The van der Waals surface area contributed by atoms with E-state index in [1.807, 2.05) is 6.07 Å². The number of fused-ring (bicyclic) bond motifs is 3. The zero-order valence-corrected chi connectivity index (χ0v) is 25.6. The van der Waals surface area contributed by atoms with Crippen molar-refractivity contribution < 1.29 is 19.4 Å². The number of aromatic nitrogens is 1. The number of carbonyl (C=O) groups is 1. The molecule has 228 valence electrons. The molecule has 0 unspecified atom stereocenters. The van der Waals surface area contributed by atoms with Crippen LogP contribution in [0, 0.1) is 0 Å². The van der Waals surface area contributed by atoms with Crippen molar-refractivity contribution >= 4 is 56.7 Å². The van der Waals surface area contributed by atoms with Crippen molar-refractivity contribution in [3.8, 4) is 11.5 Å². The number of unbranched alkanes of at least 4 members (excludes halogenated alkanes) is 7. The molecule has 0 saturated heterocycles. The van der Waals surface area contributed by atoms with Crippen LogP contribution >= 0.6 is 23.2 Å². The number of anilines is 1. The minimum Gasteiger partial charge on any atom is -0.504 e. The Kier molecular flexibility index (Phi) is 10.3. The molecule has 1 aliphatic carbocycles. The minimum absolute atomic E-state index is 0.0447. The molecule has 0 spiro atoms. The number of aryl methyl sites for hydroxylation is 1. The molecular weight excluding hydrogens is 589 g/mol. The quantitative estimate of drug-likeness (QED) is 0.0878. The third-order valence-corrected chi connectivity index (χ3v) is 8.54. The summed E-state index contributed by atoms with van der Waals surface area (Å²) in [5.74, 6) is -1.44. The lowest BCUT2D eigenvalue weighted by Crippen LogP contribution is -2.25. The SMILES string of the molecule is O=C(NCCCCCCCCCCNc1c2c(nc3cc(Cl)cc(Cl)c13)CCCC2)c1cc(=O)c2cc(O)c(O)cc2o1. The molecule has 8 nitrogen and oxygen atoms in total. The van der Waals surface area contributed by atoms with Gasteiger partial charge in [-0.2, -0.15) is 0 Å². The smallest absolute Gasteiger partial charge is 0.287 e. The number of hydrogen-bond donors (Lipinski definition) is 4. The molecule has 5 rings (SSSR count). The predicted molar refractivity (Wildman–Crippen MR) is 172 cm³/mol. The van der Waals surface area contributed by atoms with E-state index in [1.165, 1.54) is 36.9 Å². The highest BCUT2D eigenvalue weighted by Crippen LogP contribution is 2.38. The second-order valence-corrected chi connectivity index (χ2v) is 12.1. The van der Waals surface area contributed by atoms with E-state index in [4.69, 9.17) is 32.6 Å². The molecule has 0 bridgehead atoms. The summed E-state index contributed by atoms with van der Waals surface area (Å²) in [5.41, 5.74) is 4.06. The van der Waals surface area contributed by atoms with Crippen LogP contribution in [0.2, 0.25) is 10.0 Å². The second kappa shape index (κ2) is 14.3. The molecule has 0 radical (unpaired) electrons. The van der Waals surface area contributed by atoms with Crippen molar-refractivity contribution in [3.63, 3.8) is 0 Å². The molecule has 1 aliphatic rings. The summed E-state index contributed by atoms with van der Waals surface area (Å²) in [6.07, 6.45) is 13.0. The molecule has 1 amide bonds. The van der Waals surface area contributed by atoms with Crippen LogP contribution in [0.5, 0.6) is 11.5 Å². The summed E-state index contributed by atoms with van der Waals surface area (Å²) >= 11 is 12.9. The number of benzene rings is 2. The molecule has 2 aromatic heterocycles. The topological polar surface area (TPSA) is 125 Å². The maximum absolute atomic E-state index is 12.4. The normalized spacial score (nSPS) is 12.9. The van der Waals surface area contributed by atoms with E-state index in [1.54, 1.807) is 6.07 Å². The highest BCUT2D eigenvalue weighted by atomic mass is 35.5. The largest absolute Gasteiger partial charge is 0.504 e. The van der Waals surface area contributed by atoms with Crippen molar-refractivity contribution in [1.82, 2.24) is 10.3 Å². The predicted octanol–water partition coefficient (Wildman–Crippen LogP) is 7.90. The van der Waals surface area contributed by atoms with Crippen LogP contribution in [0.1, 0.15) is 86.0 Å². The van der Waals surface area contributed by atoms with E-state index < -0.39 is 22.8 Å². The molecular formula is C33H37Cl2N3O5. The van der Waals surface area contributed by atoms with Crippen molar-refractivity contribution in [2.75, 3.05) is 18.4 Å². The number of nitrogens with one attached hydrogen (secondary N) is 2. The zero-order chi connectivity index (χ0) is 30.3. The van der Waals surface area contributed by atoms with Crippen LogP contribution < -0.4 is 16.1 Å². The van der Waals surface area contributed by atoms with Crippen LogP contribution in [0.4, 0.5) is 5.69 Å². The molecule has 2 aromatic carbocycles. The van der Waals surface area contributed by atoms with Gasteiger partial charge in [0.25, 0.3) is 5.91 Å². The molecule has 4 N–H and O–H groups in total. The standard InChI is InChI=1S/C33H37Cl2N3O5/c34-20-15-23(35)31-25(16-20)38-24-12-8-7-11-21(24)32(31)36-13-9-5-3-1-2-4-6-10-14-37-33(42)30-18-26(39)22-17-27(40)28(41)19-29(22)43-30/h15-19,40-41H,1-14H2,(H,36,38)(H,37,42). The average Bonchev–Trinajstić information content (AvgIpc) is 2.97. The highest BCUT2D eigenvalue weighted by Gasteiger charge is 2.20. The first-order valence-corrected chi connectivity index (χ1v) is 15.9. The van der Waals surface area contributed by atoms with Gasteiger partial charge in [0, 0.05) is 41.3 Å². The summed E-state index contributed by atoms with van der Waals surface area (Å²) in [6, 6.07) is 7.05. The summed E-state index contributed by atoms with van der Waals surface area (Å²) in [6.45, 7) is 1.38. The third-order valence-electron chi connectivity index (χ3n) is 8.02. The first kappa shape index (κ1) is 31.0. The van der Waals surface area contributed by atoms with Gasteiger partial charge in [0.05, 0.1) is 21.6 Å². The van der Waals surface area contributed by atoms with Gasteiger partial charge in [0.15, 0.2) is 22.7 Å². The Morgan fingerprint density at radius 2 is 1.53 bits per heavy atom. The first-order valence-electron chi connectivity index (χ1n) is 15.1. The lowest BCUT2D eigenvalue weighted by atomic mass is 9.92. The summed E-state index contributed by atoms with van der Waals surface area (Å²) < 4.78 is 5.47. The molecule has 0 atom stereocenters. The van der Waals surface area contributed by atoms with Crippen molar-refractivity contribution in [2.24, 2.45) is 0 Å². The van der Waals surface area contributed by atoms with Gasteiger partial charge >= 0.3 is 0 Å². The van der Waals surface area contributed by atoms with Gasteiger partial charge in [-0.1, -0.05) is 61.7 Å². The number of carbonyl (C=O) groups excluding carboxylic acids is 1. The van der Waals surface area contributed by atoms with Crippen LogP contribution in [-0.4, -0.2) is 34.2 Å². The lowest BCUT2D eigenvalue weighted by Gasteiger charge is -2.22. The Hall–Kier alpha value is -3.49. The number of nitrogens with zero attached hydrogens (tertiary/aromatic N) is 1. The summed E-state index contributed by atoms with van der Waals surface area (Å²) in [7, 11) is 0. The number of phenols is 2. The van der Waals surface area contributed by atoms with Crippen LogP contribution in [-0.2, 0) is 12.8 Å². The molecule has 43 heavy (non-hydrogen) atoms. The van der Waals surface area contributed by atoms with Crippen LogP contribution in [0.3, 0.4) is 0 Å². The number of halogens is 2. The van der Waals surface area contributed by atoms with E-state index in [9.17, 15) is 19.8 Å². The Labute approximate surface area is 260 Å². The number of amides is 1. The van der Waals surface area contributed by atoms with Gasteiger partial charge in [0.2, 0.25) is 0 Å². The summed E-state index contributed by atoms with van der Waals surface area (Å²) in [5, 5.41) is 28.0. The maximum atomic E-state index is 12.4. The molecule has 2 heterocycles. The van der Waals surface area contributed by atoms with Crippen LogP contribution in [0.15, 0.2) is 39.5 Å². The van der Waals surface area contributed by atoms with E-state index in [-0.39, 0.29) is 16.7 Å². The molecule has 0 fully saturated rings. The Bertz CT molecular complexity index is 1690. The lowest BCUT2D eigenvalue weighted by molar-refractivity contribution is 0.0925. The van der Waals surface area contributed by atoms with Crippen LogP contribution in [0.25, 0.3) is 21.9 Å². The highest BCUT2D eigenvalue weighted by molar-refractivity contribution is 6.39. The first-order chi connectivity index (χ1) is 20.8. The van der Waals surface area contributed by atoms with Gasteiger partial charge in [-0.05, 0) is 62.3 Å². The van der Waals surface area contributed by atoms with Gasteiger partial charge in [-0.15, -0.1) is 0 Å². The Balaban J connectivity index is 0.977. The fourth-order valence-electron chi connectivity index (χ4n) is 5.77. The van der Waals surface area contributed by atoms with Gasteiger partial charge < -0.3 is 25.3 Å². The minimum atomic E-state index is -0.480. The molecule has 10 heteroatoms. The Morgan fingerprint density at radius 3 is 2.30 bits per heavy atom. The number of aromatic hydroxyl groups is 2. The Morgan fingerprint density at radius 1 is 0.860 bits per heavy atom. The van der Waals surface area contributed by atoms with Crippen molar-refractivity contribution in [3.05, 3.63) is 67.6 Å².